The van der Waals surface area contributed by atoms with Crippen LogP contribution in [0.25, 0.3) is 11.1 Å². The fourth-order valence-electron chi connectivity index (χ4n) is 2.38. The molecule has 0 saturated carbocycles. The lowest BCUT2D eigenvalue weighted by Crippen LogP contribution is -2.27. The van der Waals surface area contributed by atoms with Crippen molar-refractivity contribution in [1.82, 2.24) is 10.3 Å². The summed E-state index contributed by atoms with van der Waals surface area (Å²) in [7, 11) is 0. The third kappa shape index (κ3) is 4.36. The minimum atomic E-state index is -0.288. The molecule has 0 bridgehead atoms. The summed E-state index contributed by atoms with van der Waals surface area (Å²) in [5.74, 6) is -0.450. The predicted molar refractivity (Wildman–Crippen MR) is 95.8 cm³/mol. The van der Waals surface area contributed by atoms with Gasteiger partial charge in [0.25, 0.3) is 11.3 Å². The van der Waals surface area contributed by atoms with E-state index in [0.717, 1.165) is 11.3 Å². The molecule has 0 aliphatic heterocycles. The molecule has 1 aromatic heterocycles. The van der Waals surface area contributed by atoms with Gasteiger partial charge in [0.15, 0.2) is 5.58 Å². The Kier molecular flexibility index (Phi) is 5.00. The molecule has 0 unspecified atom stereocenters. The lowest BCUT2D eigenvalue weighted by Gasteiger charge is -2.07. The summed E-state index contributed by atoms with van der Waals surface area (Å²) in [5, 5.41) is 5.53. The van der Waals surface area contributed by atoms with Gasteiger partial charge in [-0.1, -0.05) is 12.1 Å². The van der Waals surface area contributed by atoms with E-state index in [1.807, 2.05) is 31.2 Å². The first kappa shape index (κ1) is 17.0. The Morgan fingerprint density at radius 1 is 1.20 bits per heavy atom. The Labute approximate surface area is 149 Å². The number of fused-ring (bicyclic) bond motifs is 1. The summed E-state index contributed by atoms with van der Waals surface area (Å²) in [5.41, 5.74) is 3.25. The van der Waals surface area contributed by atoms with Gasteiger partial charge >= 0.3 is 0 Å². The van der Waals surface area contributed by atoms with Crippen molar-refractivity contribution in [2.24, 2.45) is 0 Å². The van der Waals surface area contributed by atoms with Gasteiger partial charge in [0.1, 0.15) is 5.52 Å². The second-order valence-corrected chi connectivity index (χ2v) is 5.90. The smallest absolute Gasteiger partial charge is 0.293 e. The predicted octanol–water partition coefficient (Wildman–Crippen LogP) is 3.55. The van der Waals surface area contributed by atoms with E-state index in [4.69, 9.17) is 16.0 Å². The van der Waals surface area contributed by atoms with Crippen LogP contribution in [-0.4, -0.2) is 23.3 Å². The van der Waals surface area contributed by atoms with E-state index in [1.165, 1.54) is 0 Å². The number of nitrogens with zero attached hydrogens (tertiary/aromatic N) is 1. The van der Waals surface area contributed by atoms with Crippen LogP contribution in [0.15, 0.2) is 46.9 Å². The first-order valence-corrected chi connectivity index (χ1v) is 8.10. The van der Waals surface area contributed by atoms with Crippen molar-refractivity contribution in [1.29, 1.82) is 0 Å². The molecule has 128 valence electrons. The number of aromatic nitrogens is 1. The third-order valence-corrected chi connectivity index (χ3v) is 3.72. The molecule has 0 spiro atoms. The number of halogens is 1. The fourth-order valence-corrected chi connectivity index (χ4v) is 2.55. The van der Waals surface area contributed by atoms with Crippen molar-refractivity contribution in [2.45, 2.75) is 13.3 Å². The first-order chi connectivity index (χ1) is 12.0. The van der Waals surface area contributed by atoms with Crippen molar-refractivity contribution >= 4 is 40.2 Å². The van der Waals surface area contributed by atoms with Gasteiger partial charge < -0.3 is 15.1 Å². The van der Waals surface area contributed by atoms with E-state index in [2.05, 4.69) is 15.6 Å². The molecule has 0 radical (unpaired) electrons. The SMILES string of the molecule is Cc1cccc(NC(=O)CCNC(=O)c2ccc3oc(Cl)nc3c2)c1. The molecule has 7 heteroatoms. The van der Waals surface area contributed by atoms with Crippen LogP contribution in [0, 0.1) is 6.92 Å². The lowest BCUT2D eigenvalue weighted by atomic mass is 10.2. The molecule has 3 aromatic rings. The number of anilines is 1. The maximum atomic E-state index is 12.1. The summed E-state index contributed by atoms with van der Waals surface area (Å²) in [6.45, 7) is 2.18. The number of rotatable bonds is 5. The van der Waals surface area contributed by atoms with Crippen molar-refractivity contribution in [3.63, 3.8) is 0 Å². The Hall–Kier alpha value is -2.86. The van der Waals surface area contributed by atoms with E-state index in [9.17, 15) is 9.59 Å². The van der Waals surface area contributed by atoms with Gasteiger partial charge in [-0.05, 0) is 54.4 Å². The molecule has 0 aliphatic carbocycles. The molecule has 2 amide bonds. The molecular formula is C18H16ClN3O3. The number of nitrogens with one attached hydrogen (secondary N) is 2. The highest BCUT2D eigenvalue weighted by Gasteiger charge is 2.10. The maximum Gasteiger partial charge on any atom is 0.293 e. The molecule has 2 aromatic carbocycles. The van der Waals surface area contributed by atoms with E-state index < -0.39 is 0 Å². The molecule has 6 nitrogen and oxygen atoms in total. The van der Waals surface area contributed by atoms with Crippen molar-refractivity contribution in [3.05, 3.63) is 58.9 Å². The molecule has 3 rings (SSSR count). The molecule has 0 aliphatic rings. The average molecular weight is 358 g/mol. The van der Waals surface area contributed by atoms with Gasteiger partial charge in [0.2, 0.25) is 5.91 Å². The minimum absolute atomic E-state index is 0.0281. The van der Waals surface area contributed by atoms with E-state index in [0.29, 0.717) is 16.7 Å². The zero-order valence-corrected chi connectivity index (χ0v) is 14.3. The van der Waals surface area contributed by atoms with Gasteiger partial charge in [-0.25, -0.2) is 0 Å². The highest BCUT2D eigenvalue weighted by molar-refractivity contribution is 6.28. The van der Waals surface area contributed by atoms with E-state index in [1.54, 1.807) is 18.2 Å². The second kappa shape index (κ2) is 7.36. The molecule has 1 heterocycles. The van der Waals surface area contributed by atoms with Gasteiger partial charge in [0, 0.05) is 24.2 Å². The van der Waals surface area contributed by atoms with Crippen LogP contribution in [0.2, 0.25) is 5.35 Å². The van der Waals surface area contributed by atoms with Gasteiger partial charge in [-0.15, -0.1) is 0 Å². The number of aryl methyl sites for hydroxylation is 1. The zero-order valence-electron chi connectivity index (χ0n) is 13.5. The van der Waals surface area contributed by atoms with Crippen LogP contribution in [0.3, 0.4) is 0 Å². The average Bonchev–Trinajstić information content (AvgIpc) is 2.93. The molecule has 0 fully saturated rings. The van der Waals surface area contributed by atoms with Crippen molar-refractivity contribution in [3.8, 4) is 0 Å². The second-order valence-electron chi connectivity index (χ2n) is 5.57. The van der Waals surface area contributed by atoms with Crippen molar-refractivity contribution in [2.75, 3.05) is 11.9 Å². The molecule has 0 atom stereocenters. The summed E-state index contributed by atoms with van der Waals surface area (Å²) in [6.07, 6.45) is 0.178. The van der Waals surface area contributed by atoms with Gasteiger partial charge in [-0.2, -0.15) is 4.98 Å². The normalized spacial score (nSPS) is 10.6. The Morgan fingerprint density at radius 3 is 2.84 bits per heavy atom. The minimum Gasteiger partial charge on any atom is -0.428 e. The first-order valence-electron chi connectivity index (χ1n) is 7.72. The van der Waals surface area contributed by atoms with Crippen LogP contribution in [0.5, 0.6) is 0 Å². The summed E-state index contributed by atoms with van der Waals surface area (Å²) < 4.78 is 5.15. The summed E-state index contributed by atoms with van der Waals surface area (Å²) in [4.78, 5) is 28.0. The summed E-state index contributed by atoms with van der Waals surface area (Å²) in [6, 6.07) is 12.4. The molecule has 25 heavy (non-hydrogen) atoms. The Bertz CT molecular complexity index is 936. The number of amides is 2. The highest BCUT2D eigenvalue weighted by atomic mass is 35.5. The number of hydrogen-bond donors (Lipinski definition) is 2. The van der Waals surface area contributed by atoms with Crippen LogP contribution >= 0.6 is 11.6 Å². The van der Waals surface area contributed by atoms with E-state index in [-0.39, 0.29) is 30.1 Å². The number of hydrogen-bond acceptors (Lipinski definition) is 4. The van der Waals surface area contributed by atoms with Crippen LogP contribution in [0.4, 0.5) is 5.69 Å². The van der Waals surface area contributed by atoms with Crippen LogP contribution in [0.1, 0.15) is 22.3 Å². The fraction of sp³-hybridized carbons (Fsp3) is 0.167. The lowest BCUT2D eigenvalue weighted by molar-refractivity contribution is -0.116. The van der Waals surface area contributed by atoms with Gasteiger partial charge in [0.05, 0.1) is 0 Å². The molecule has 2 N–H and O–H groups in total. The standard InChI is InChI=1S/C18H16ClN3O3/c1-11-3-2-4-13(9-11)21-16(23)7-8-20-17(24)12-5-6-15-14(10-12)22-18(19)25-15/h2-6,9-10H,7-8H2,1H3,(H,20,24)(H,21,23). The number of benzene rings is 2. The maximum absolute atomic E-state index is 12.1. The van der Waals surface area contributed by atoms with Crippen LogP contribution in [-0.2, 0) is 4.79 Å². The van der Waals surface area contributed by atoms with Gasteiger partial charge in [-0.3, -0.25) is 9.59 Å². The highest BCUT2D eigenvalue weighted by Crippen LogP contribution is 2.19. The Balaban J connectivity index is 1.52. The topological polar surface area (TPSA) is 84.2 Å². The monoisotopic (exact) mass is 357 g/mol. The molecular weight excluding hydrogens is 342 g/mol. The quantitative estimate of drug-likeness (QED) is 0.731. The summed E-state index contributed by atoms with van der Waals surface area (Å²) >= 11 is 5.69. The largest absolute Gasteiger partial charge is 0.428 e. The Morgan fingerprint density at radius 2 is 2.04 bits per heavy atom. The van der Waals surface area contributed by atoms with Crippen molar-refractivity contribution < 1.29 is 14.0 Å². The van der Waals surface area contributed by atoms with Crippen LogP contribution < -0.4 is 10.6 Å². The van der Waals surface area contributed by atoms with E-state index >= 15 is 0 Å². The third-order valence-electron chi connectivity index (χ3n) is 3.56. The number of carbonyl (C=O) groups is 2. The molecule has 0 saturated heterocycles. The zero-order chi connectivity index (χ0) is 17.8. The number of carbonyl (C=O) groups excluding carboxylic acids is 2. The number of oxazole rings is 1.